The normalized spacial score (nSPS) is 26.7. The van der Waals surface area contributed by atoms with Gasteiger partial charge in [-0.3, -0.25) is 19.7 Å². The zero-order valence-electron chi connectivity index (χ0n) is 53.7. The SMILES string of the molecule is C1CCOC1.Cc1ccc([C@H]2C[C@@H]2COc2nc(C)ncc2C2CCC(=O)CC2)nc1.Cc1ccc([C@H]2C[C@@H]2COc2nc(C)ncc2C2CCC(C)(O)CC2)nc1.Cc1ccc([C@H]2C[C@@H]2COc2nc(C)ncc2C2CCC(C)(O)CC2)nc1.[Br-].[CH3-].[Mg+2]. The molecule has 470 valence electrons. The number of nitrogens with zero attached hydrogens (tertiary/aromatic N) is 9. The first-order chi connectivity index (χ1) is 40.9. The Morgan fingerprint density at radius 1 is 0.477 bits per heavy atom. The molecule has 0 radical (unpaired) electrons. The fourth-order valence-electron chi connectivity index (χ4n) is 12.5. The van der Waals surface area contributed by atoms with Crippen molar-refractivity contribution in [3.63, 3.8) is 0 Å². The van der Waals surface area contributed by atoms with Crippen molar-refractivity contribution in [1.82, 2.24) is 44.9 Å². The molecule has 0 bridgehead atoms. The molecule has 7 heterocycles. The Labute approximate surface area is 549 Å². The van der Waals surface area contributed by atoms with Gasteiger partial charge in [0.2, 0.25) is 17.6 Å². The second kappa shape index (κ2) is 32.3. The van der Waals surface area contributed by atoms with Gasteiger partial charge in [0, 0.05) is 133 Å². The van der Waals surface area contributed by atoms with E-state index in [4.69, 9.17) is 18.9 Å². The van der Waals surface area contributed by atoms with E-state index in [9.17, 15) is 15.0 Å². The number of rotatable bonds is 15. The maximum Gasteiger partial charge on any atom is 2.00 e. The van der Waals surface area contributed by atoms with Crippen LogP contribution in [0.2, 0.25) is 0 Å². The fourth-order valence-corrected chi connectivity index (χ4v) is 12.5. The van der Waals surface area contributed by atoms with Crippen LogP contribution in [0.1, 0.15) is 226 Å². The number of carbonyl (C=O) groups excluding carboxylic acids is 1. The predicted molar refractivity (Wildman–Crippen MR) is 338 cm³/mol. The van der Waals surface area contributed by atoms with E-state index in [0.29, 0.717) is 97.6 Å². The van der Waals surface area contributed by atoms with Crippen LogP contribution in [-0.2, 0) is 9.53 Å². The predicted octanol–water partition coefficient (Wildman–Crippen LogP) is 9.93. The van der Waals surface area contributed by atoms with Crippen molar-refractivity contribution in [2.75, 3.05) is 33.0 Å². The maximum absolute atomic E-state index is 11.5. The summed E-state index contributed by atoms with van der Waals surface area (Å²) >= 11 is 0. The topological polar surface area (TPSA) is 210 Å². The molecule has 6 aliphatic carbocycles. The van der Waals surface area contributed by atoms with Crippen molar-refractivity contribution in [2.45, 2.75) is 211 Å². The number of aromatic nitrogens is 9. The number of pyridine rings is 3. The molecule has 0 aromatic carbocycles. The van der Waals surface area contributed by atoms with Crippen molar-refractivity contribution in [1.29, 1.82) is 0 Å². The number of ether oxygens (including phenoxy) is 4. The molecule has 0 unspecified atom stereocenters. The van der Waals surface area contributed by atoms with Crippen molar-refractivity contribution < 1.29 is 50.9 Å². The Hall–Kier alpha value is -5.11. The quantitative estimate of drug-likeness (QED) is 0.0724. The summed E-state index contributed by atoms with van der Waals surface area (Å²) in [5.41, 5.74) is 9.27. The number of aliphatic hydroxyl groups is 2. The minimum atomic E-state index is -0.536. The van der Waals surface area contributed by atoms with Gasteiger partial charge in [-0.2, -0.15) is 15.0 Å². The van der Waals surface area contributed by atoms with E-state index in [0.717, 1.165) is 148 Å². The van der Waals surface area contributed by atoms with Crippen LogP contribution < -0.4 is 31.2 Å². The summed E-state index contributed by atoms with van der Waals surface area (Å²) in [7, 11) is 0. The first-order valence-electron chi connectivity index (χ1n) is 31.6. The van der Waals surface area contributed by atoms with Crippen molar-refractivity contribution in [3.8, 4) is 17.6 Å². The van der Waals surface area contributed by atoms with E-state index < -0.39 is 11.2 Å². The Kier molecular flexibility index (Phi) is 25.8. The Morgan fingerprint density at radius 3 is 1.06 bits per heavy atom. The van der Waals surface area contributed by atoms with Crippen LogP contribution in [-0.4, -0.2) is 128 Å². The van der Waals surface area contributed by atoms with Crippen LogP contribution in [0.15, 0.2) is 73.6 Å². The number of hydrogen-bond donors (Lipinski definition) is 2. The van der Waals surface area contributed by atoms with Crippen LogP contribution in [0, 0.1) is 66.7 Å². The second-order valence-corrected chi connectivity index (χ2v) is 26.2. The Bertz CT molecular complexity index is 3000. The molecule has 0 amide bonds. The number of ketones is 1. The largest absolute Gasteiger partial charge is 2.00 e. The number of carbonyl (C=O) groups is 1. The monoisotopic (exact) mass is 1280 g/mol. The summed E-state index contributed by atoms with van der Waals surface area (Å²) < 4.78 is 23.4. The summed E-state index contributed by atoms with van der Waals surface area (Å²) in [6.45, 7) is 19.7. The Balaban J connectivity index is 0.000000178. The zero-order chi connectivity index (χ0) is 59.7. The van der Waals surface area contributed by atoms with E-state index in [2.05, 4.69) is 102 Å². The third-order valence-electron chi connectivity index (χ3n) is 18.5. The standard InChI is InChI=1S/2C22H29N3O2.C21H25N3O2.C4H8O.CH3.BrH.Mg/c2*1-14-4-5-20(24-11-14)18-10-17(18)13-27-21-19(12-23-15(2)25-21)16-6-8-22(3,26)9-7-16;1-13-3-8-20(23-10-13)18-9-16(18)12-26-21-19(11-22-14(2)24-21)15-4-6-17(25)7-5-15;1-2-4-5-3-1;;;/h2*4-5,11-12,16-18,26H,6-10,13H2,1-3H3;3,8,10-11,15-16,18H,4-7,9,12H2,1-2H3;1-4H2;1H3;1H;/q;;;;-1;;+2/p-1/t2*16?,17-,18+,22?;16-,18+;;;;/m111..../s1. The van der Waals surface area contributed by atoms with Gasteiger partial charge in [0.15, 0.2) is 0 Å². The molecule has 13 rings (SSSR count). The molecule has 6 atom stereocenters. The zero-order valence-corrected chi connectivity index (χ0v) is 56.7. The van der Waals surface area contributed by atoms with Gasteiger partial charge in [-0.25, -0.2) is 15.0 Å². The summed E-state index contributed by atoms with van der Waals surface area (Å²) in [5, 5.41) is 20.4. The van der Waals surface area contributed by atoms with Gasteiger partial charge in [-0.1, -0.05) is 18.2 Å². The molecule has 18 heteroatoms. The number of halogens is 1. The molecule has 6 aromatic rings. The van der Waals surface area contributed by atoms with E-state index >= 15 is 0 Å². The first-order valence-corrected chi connectivity index (χ1v) is 31.6. The summed E-state index contributed by atoms with van der Waals surface area (Å²) in [6.07, 6.45) is 27.6. The van der Waals surface area contributed by atoms with Gasteiger partial charge in [0.05, 0.1) is 31.0 Å². The van der Waals surface area contributed by atoms with Gasteiger partial charge in [0.25, 0.3) is 0 Å². The van der Waals surface area contributed by atoms with Crippen LogP contribution in [0.25, 0.3) is 0 Å². The molecule has 7 fully saturated rings. The van der Waals surface area contributed by atoms with Crippen molar-refractivity contribution >= 4 is 28.8 Å². The maximum atomic E-state index is 11.5. The van der Waals surface area contributed by atoms with Gasteiger partial charge < -0.3 is 53.6 Å². The average molecular weight is 1280 g/mol. The smallest absolute Gasteiger partial charge is 1.00 e. The number of Topliss-reactive ketones (excluding diaryl/α,β-unsaturated/α-hetero) is 1. The average Bonchev–Trinajstić information content (AvgIpc) is 2.61. The summed E-state index contributed by atoms with van der Waals surface area (Å²) in [4.78, 5) is 52.1. The van der Waals surface area contributed by atoms with Crippen molar-refractivity contribution in [2.24, 2.45) is 17.8 Å². The van der Waals surface area contributed by atoms with Gasteiger partial charge in [0.1, 0.15) is 23.3 Å². The minimum absolute atomic E-state index is 0. The number of aryl methyl sites for hydroxylation is 6. The van der Waals surface area contributed by atoms with Gasteiger partial charge >= 0.3 is 23.1 Å². The fraction of sp³-hybridized carbons (Fsp3) is 0.586. The van der Waals surface area contributed by atoms with Crippen LogP contribution >= 0.6 is 0 Å². The van der Waals surface area contributed by atoms with Crippen molar-refractivity contribution in [3.05, 3.63) is 149 Å². The number of hydrogen-bond acceptors (Lipinski definition) is 16. The van der Waals surface area contributed by atoms with Gasteiger partial charge in [-0.05, 0) is 204 Å². The van der Waals surface area contributed by atoms with Crippen LogP contribution in [0.4, 0.5) is 0 Å². The van der Waals surface area contributed by atoms with E-state index in [-0.39, 0.29) is 47.5 Å². The minimum Gasteiger partial charge on any atom is -1.00 e. The molecule has 7 aliphatic rings. The molecular weight excluding hydrogens is 1180 g/mol. The molecule has 6 aromatic heterocycles. The molecule has 88 heavy (non-hydrogen) atoms. The molecule has 2 N–H and O–H groups in total. The second-order valence-electron chi connectivity index (χ2n) is 26.2. The van der Waals surface area contributed by atoms with Crippen LogP contribution in [0.5, 0.6) is 17.6 Å². The molecule has 16 nitrogen and oxygen atoms in total. The van der Waals surface area contributed by atoms with E-state index in [1.165, 1.54) is 40.9 Å². The van der Waals surface area contributed by atoms with Crippen LogP contribution in [0.3, 0.4) is 0 Å². The molecule has 0 spiro atoms. The molecule has 6 saturated carbocycles. The Morgan fingerprint density at radius 2 is 0.784 bits per heavy atom. The summed E-state index contributed by atoms with van der Waals surface area (Å²) in [5.74, 6) is 8.83. The third kappa shape index (κ3) is 20.2. The molecule has 1 saturated heterocycles. The molecular formula is C70H94BrMgN9O7. The third-order valence-corrected chi connectivity index (χ3v) is 18.5. The summed E-state index contributed by atoms with van der Waals surface area (Å²) in [6, 6.07) is 12.8. The van der Waals surface area contributed by atoms with E-state index in [1.807, 2.05) is 71.8 Å². The van der Waals surface area contributed by atoms with E-state index in [1.54, 1.807) is 0 Å². The molecule has 1 aliphatic heterocycles. The first kappa shape index (κ1) is 70.3. The van der Waals surface area contributed by atoms with Gasteiger partial charge in [-0.15, -0.1) is 0 Å².